The number of hydrogen-bond acceptors (Lipinski definition) is 3. The minimum Gasteiger partial charge on any atom is -0.478 e. The van der Waals surface area contributed by atoms with Gasteiger partial charge < -0.3 is 15.7 Å². The molecular weight excluding hydrogens is 268 g/mol. The lowest BCUT2D eigenvalue weighted by Crippen LogP contribution is -2.27. The van der Waals surface area contributed by atoms with E-state index in [4.69, 9.17) is 16.7 Å². The molecule has 5 nitrogen and oxygen atoms in total. The van der Waals surface area contributed by atoms with Gasteiger partial charge in [0.1, 0.15) is 5.56 Å². The predicted molar refractivity (Wildman–Crippen MR) is 74.8 cm³/mol. The van der Waals surface area contributed by atoms with Gasteiger partial charge in [0.2, 0.25) is 5.91 Å². The van der Waals surface area contributed by atoms with Crippen molar-refractivity contribution in [2.45, 2.75) is 26.3 Å². The fourth-order valence-corrected chi connectivity index (χ4v) is 1.79. The highest BCUT2D eigenvalue weighted by Crippen LogP contribution is 2.24. The number of halogens is 1. The molecule has 0 saturated carbocycles. The van der Waals surface area contributed by atoms with Gasteiger partial charge in [-0.15, -0.1) is 0 Å². The molecule has 0 unspecified atom stereocenters. The first-order valence-electron chi connectivity index (χ1n) is 5.97. The second kappa shape index (κ2) is 7.11. The Morgan fingerprint density at radius 1 is 1.37 bits per heavy atom. The molecule has 1 rings (SSSR count). The van der Waals surface area contributed by atoms with E-state index in [9.17, 15) is 9.59 Å². The topological polar surface area (TPSA) is 78.4 Å². The number of aromatic carboxylic acids is 1. The number of nitrogens with one attached hydrogen (secondary N) is 2. The summed E-state index contributed by atoms with van der Waals surface area (Å²) in [4.78, 5) is 22.8. The quantitative estimate of drug-likeness (QED) is 0.749. The van der Waals surface area contributed by atoms with Crippen molar-refractivity contribution in [2.75, 3.05) is 11.9 Å². The Hall–Kier alpha value is -1.59. The van der Waals surface area contributed by atoms with Gasteiger partial charge in [-0.05, 0) is 12.1 Å². The molecule has 0 fully saturated rings. The highest BCUT2D eigenvalue weighted by Gasteiger charge is 2.15. The minimum atomic E-state index is -1.17. The summed E-state index contributed by atoms with van der Waals surface area (Å²) in [6, 6.07) is 4.88. The molecule has 19 heavy (non-hydrogen) atoms. The third-order valence-corrected chi connectivity index (χ3v) is 2.72. The number of rotatable bonds is 6. The smallest absolute Gasteiger partial charge is 0.339 e. The molecule has 0 saturated heterocycles. The Bertz CT molecular complexity index is 475. The first-order chi connectivity index (χ1) is 8.91. The molecule has 1 amide bonds. The van der Waals surface area contributed by atoms with E-state index >= 15 is 0 Å². The Labute approximate surface area is 117 Å². The van der Waals surface area contributed by atoms with E-state index < -0.39 is 5.97 Å². The van der Waals surface area contributed by atoms with Crippen LogP contribution in [0.4, 0.5) is 5.69 Å². The summed E-state index contributed by atoms with van der Waals surface area (Å²) >= 11 is 5.81. The molecule has 0 aromatic heterocycles. The Morgan fingerprint density at radius 3 is 2.63 bits per heavy atom. The van der Waals surface area contributed by atoms with Gasteiger partial charge in [0.15, 0.2) is 0 Å². The molecule has 0 atom stereocenters. The summed E-state index contributed by atoms with van der Waals surface area (Å²) in [7, 11) is 0. The van der Waals surface area contributed by atoms with Gasteiger partial charge in [0.05, 0.1) is 10.7 Å². The zero-order valence-electron chi connectivity index (χ0n) is 10.9. The molecule has 0 aliphatic heterocycles. The average molecular weight is 285 g/mol. The second-order valence-corrected chi connectivity index (χ2v) is 4.78. The van der Waals surface area contributed by atoms with Gasteiger partial charge in [0.25, 0.3) is 0 Å². The molecule has 104 valence electrons. The first-order valence-corrected chi connectivity index (χ1v) is 6.34. The van der Waals surface area contributed by atoms with Crippen LogP contribution in [0.25, 0.3) is 0 Å². The minimum absolute atomic E-state index is 0.0886. The number of amides is 1. The lowest BCUT2D eigenvalue weighted by atomic mass is 10.1. The van der Waals surface area contributed by atoms with E-state index in [2.05, 4.69) is 10.6 Å². The van der Waals surface area contributed by atoms with Crippen LogP contribution in [0.15, 0.2) is 18.2 Å². The summed E-state index contributed by atoms with van der Waals surface area (Å²) in [5, 5.41) is 14.8. The summed E-state index contributed by atoms with van der Waals surface area (Å²) in [6.07, 6.45) is 0.268. The van der Waals surface area contributed by atoms with Crippen molar-refractivity contribution in [1.29, 1.82) is 0 Å². The van der Waals surface area contributed by atoms with Crippen LogP contribution >= 0.6 is 11.6 Å². The molecule has 0 spiro atoms. The van der Waals surface area contributed by atoms with Crippen LogP contribution in [0.1, 0.15) is 30.6 Å². The fourth-order valence-electron chi connectivity index (χ4n) is 1.53. The summed E-state index contributed by atoms with van der Waals surface area (Å²) in [5.41, 5.74) is 0.129. The Kier molecular flexibility index (Phi) is 5.79. The molecule has 1 aromatic rings. The maximum Gasteiger partial charge on any atom is 0.339 e. The largest absolute Gasteiger partial charge is 0.478 e. The lowest BCUT2D eigenvalue weighted by molar-refractivity contribution is -0.116. The predicted octanol–water partition coefficient (Wildman–Crippen LogP) is 2.36. The van der Waals surface area contributed by atoms with Crippen LogP contribution in [0.5, 0.6) is 0 Å². The zero-order valence-corrected chi connectivity index (χ0v) is 11.6. The van der Waals surface area contributed by atoms with Crippen LogP contribution in [-0.2, 0) is 4.79 Å². The van der Waals surface area contributed by atoms with Crippen LogP contribution in [0.2, 0.25) is 5.02 Å². The van der Waals surface area contributed by atoms with E-state index in [-0.39, 0.29) is 28.6 Å². The molecule has 6 heteroatoms. The third kappa shape index (κ3) is 4.89. The lowest BCUT2D eigenvalue weighted by Gasteiger charge is -2.11. The maximum absolute atomic E-state index is 11.7. The van der Waals surface area contributed by atoms with Gasteiger partial charge in [-0.25, -0.2) is 4.79 Å². The highest BCUT2D eigenvalue weighted by atomic mass is 35.5. The number of anilines is 1. The number of carboxylic acid groups (broad SMARTS) is 1. The normalized spacial score (nSPS) is 10.5. The van der Waals surface area contributed by atoms with Gasteiger partial charge in [0, 0.05) is 19.0 Å². The van der Waals surface area contributed by atoms with Crippen molar-refractivity contribution < 1.29 is 14.7 Å². The van der Waals surface area contributed by atoms with Crippen molar-refractivity contribution in [3.63, 3.8) is 0 Å². The van der Waals surface area contributed by atoms with Crippen molar-refractivity contribution in [2.24, 2.45) is 0 Å². The first kappa shape index (κ1) is 15.5. The fraction of sp³-hybridized carbons (Fsp3) is 0.385. The number of carbonyl (C=O) groups excluding carboxylic acids is 1. The molecule has 0 bridgehead atoms. The van der Waals surface area contributed by atoms with E-state index in [1.165, 1.54) is 12.1 Å². The van der Waals surface area contributed by atoms with Crippen molar-refractivity contribution >= 4 is 29.2 Å². The van der Waals surface area contributed by atoms with Crippen molar-refractivity contribution in [1.82, 2.24) is 5.32 Å². The van der Waals surface area contributed by atoms with Crippen molar-refractivity contribution in [3.05, 3.63) is 28.8 Å². The van der Waals surface area contributed by atoms with E-state index in [1.807, 2.05) is 13.8 Å². The van der Waals surface area contributed by atoms with Gasteiger partial charge >= 0.3 is 5.97 Å². The SMILES string of the molecule is CC(C)NCCC(=O)Nc1cccc(Cl)c1C(=O)O. The van der Waals surface area contributed by atoms with Gasteiger partial charge in [-0.2, -0.15) is 0 Å². The summed E-state index contributed by atoms with van der Waals surface area (Å²) < 4.78 is 0. The molecule has 0 aliphatic carbocycles. The molecule has 1 aromatic carbocycles. The summed E-state index contributed by atoms with van der Waals surface area (Å²) in [5.74, 6) is -1.42. The number of carboxylic acids is 1. The maximum atomic E-state index is 11.7. The van der Waals surface area contributed by atoms with Crippen molar-refractivity contribution in [3.8, 4) is 0 Å². The van der Waals surface area contributed by atoms with Crippen LogP contribution in [0.3, 0.4) is 0 Å². The number of benzene rings is 1. The average Bonchev–Trinajstić information content (AvgIpc) is 2.27. The monoisotopic (exact) mass is 284 g/mol. The standard InChI is InChI=1S/C13H17ClN2O3/c1-8(2)15-7-6-11(17)16-10-5-3-4-9(14)12(10)13(18)19/h3-5,8,15H,6-7H2,1-2H3,(H,16,17)(H,18,19). The van der Waals surface area contributed by atoms with Gasteiger partial charge in [-0.3, -0.25) is 4.79 Å². The van der Waals surface area contributed by atoms with E-state index in [0.29, 0.717) is 12.6 Å². The molecular formula is C13H17ClN2O3. The Morgan fingerprint density at radius 2 is 2.05 bits per heavy atom. The highest BCUT2D eigenvalue weighted by molar-refractivity contribution is 6.34. The van der Waals surface area contributed by atoms with Crippen LogP contribution in [0, 0.1) is 0 Å². The summed E-state index contributed by atoms with van der Waals surface area (Å²) in [6.45, 7) is 4.50. The second-order valence-electron chi connectivity index (χ2n) is 4.37. The Balaban J connectivity index is 2.69. The van der Waals surface area contributed by atoms with Crippen LogP contribution < -0.4 is 10.6 Å². The third-order valence-electron chi connectivity index (χ3n) is 2.41. The molecule has 0 radical (unpaired) electrons. The van der Waals surface area contributed by atoms with E-state index in [1.54, 1.807) is 6.07 Å². The molecule has 0 heterocycles. The van der Waals surface area contributed by atoms with Crippen LogP contribution in [-0.4, -0.2) is 29.6 Å². The van der Waals surface area contributed by atoms with E-state index in [0.717, 1.165) is 0 Å². The zero-order chi connectivity index (χ0) is 14.4. The molecule has 3 N–H and O–H groups in total. The number of hydrogen-bond donors (Lipinski definition) is 3. The van der Waals surface area contributed by atoms with Gasteiger partial charge in [-0.1, -0.05) is 31.5 Å². The molecule has 0 aliphatic rings. The number of carbonyl (C=O) groups is 2.